The molecule has 0 radical (unpaired) electrons. The van der Waals surface area contributed by atoms with Crippen molar-refractivity contribution in [2.24, 2.45) is 11.7 Å². The zero-order chi connectivity index (χ0) is 66.1. The van der Waals surface area contributed by atoms with E-state index in [1.807, 2.05) is 6.92 Å². The van der Waals surface area contributed by atoms with Gasteiger partial charge in [-0.05, 0) is 112 Å². The highest BCUT2D eigenvalue weighted by Gasteiger charge is 2.47. The second-order valence-corrected chi connectivity index (χ2v) is 30.4. The van der Waals surface area contributed by atoms with Crippen LogP contribution in [0, 0.1) is 5.92 Å². The van der Waals surface area contributed by atoms with E-state index in [2.05, 4.69) is 55.1 Å². The van der Waals surface area contributed by atoms with E-state index in [1.54, 1.807) is 31.4 Å². The predicted octanol–water partition coefficient (Wildman–Crippen LogP) is 6.75. The molecule has 90 heavy (non-hydrogen) atoms. The van der Waals surface area contributed by atoms with Gasteiger partial charge in [0.1, 0.15) is 11.8 Å². The van der Waals surface area contributed by atoms with Gasteiger partial charge in [0.2, 0.25) is 41.4 Å². The van der Waals surface area contributed by atoms with E-state index in [9.17, 15) is 64.3 Å². The number of unbranched alkanes of at least 4 members (excludes halogenated alkanes) is 5. The van der Waals surface area contributed by atoms with Crippen LogP contribution in [0.15, 0.2) is 46.2 Å². The zero-order valence-electron chi connectivity index (χ0n) is 53.3. The number of nitrogens with two attached hydrogens (primary N) is 1. The van der Waals surface area contributed by atoms with Crippen molar-refractivity contribution in [3.05, 3.63) is 47.5 Å². The zero-order valence-corrected chi connectivity index (χ0v) is 56.6. The number of nitrogens with zero attached hydrogens (tertiary/aromatic N) is 4. The van der Waals surface area contributed by atoms with Crippen LogP contribution in [-0.2, 0) is 78.9 Å². The summed E-state index contributed by atoms with van der Waals surface area (Å²) < 4.78 is 78.7. The van der Waals surface area contributed by atoms with Crippen molar-refractivity contribution in [3.63, 3.8) is 0 Å². The lowest BCUT2D eigenvalue weighted by atomic mass is 9.77. The number of amides is 7. The lowest BCUT2D eigenvalue weighted by molar-refractivity contribution is -0.140. The minimum absolute atomic E-state index is 0.0247. The van der Waals surface area contributed by atoms with E-state index >= 15 is 0 Å². The Hall–Kier alpha value is -5.16. The standard InChI is InChI=1S/C63H95N7O16S4/c1-8-42(59(76)66-48(58(64)75)21-15-16-29-65-55(72)28-32-70-57(74)39-51(60(70)77)87-36-35-86-34-33-85-7)41-88-52-40-56(73)69(61(52)78)31-18-20-43(71)19-12-11-17-30-68-50-27-25-45(90(82,83)84)38-47(50)63(5,6)54(68)23-14-10-13-22-53-62(3,4)46-37-44(89(79,80)81)24-26-49(46)67(53)9-2/h24-27,37-38,42,48,51-54H,8-23,28-36,39-41H2,1-7H3,(H2,64,75)(H,65,72)(H,66,76)(H,79,80,81)(H,82,83,84)/t42-,48-,51?,52?,53?,54?/m1/s1. The van der Waals surface area contributed by atoms with Gasteiger partial charge in [0, 0.05) is 124 Å². The number of likely N-dealkylation sites (tertiary alicyclic amines) is 2. The normalized spacial score (nSPS) is 20.2. The Bertz CT molecular complexity index is 3110. The molecule has 2 aromatic carbocycles. The molecule has 0 spiro atoms. The van der Waals surface area contributed by atoms with Gasteiger partial charge in [-0.3, -0.25) is 57.3 Å². The molecule has 4 heterocycles. The average Bonchev–Trinajstić information content (AvgIpc) is 1.60. The van der Waals surface area contributed by atoms with E-state index in [-0.39, 0.29) is 120 Å². The van der Waals surface area contributed by atoms with Crippen LogP contribution in [0.5, 0.6) is 0 Å². The number of hydrogen-bond donors (Lipinski definition) is 5. The fourth-order valence-corrected chi connectivity index (χ4v) is 16.4. The Morgan fingerprint density at radius 3 is 1.80 bits per heavy atom. The van der Waals surface area contributed by atoms with Gasteiger partial charge in [0.15, 0.2) is 0 Å². The number of ketones is 1. The number of Topliss-reactive ketones (excluding diaryl/α,β-unsaturated/α-hetero) is 1. The number of carbonyl (C=O) groups excluding carboxylic acids is 8. The van der Waals surface area contributed by atoms with Crippen LogP contribution in [0.2, 0.25) is 0 Å². The smallest absolute Gasteiger partial charge is 0.294 e. The predicted molar refractivity (Wildman–Crippen MR) is 347 cm³/mol. The quantitative estimate of drug-likeness (QED) is 0.0261. The molecule has 6 rings (SSSR count). The highest BCUT2D eigenvalue weighted by Crippen LogP contribution is 2.50. The summed E-state index contributed by atoms with van der Waals surface area (Å²) >= 11 is 2.56. The molecule has 0 aromatic heterocycles. The summed E-state index contributed by atoms with van der Waals surface area (Å²) in [6, 6.07) is 8.78. The number of rotatable bonds is 41. The maximum absolute atomic E-state index is 13.5. The summed E-state index contributed by atoms with van der Waals surface area (Å²) in [4.78, 5) is 110. The van der Waals surface area contributed by atoms with E-state index in [1.165, 1.54) is 40.6 Å². The molecule has 6 N–H and O–H groups in total. The number of fused-ring (bicyclic) bond motifs is 2. The Morgan fingerprint density at radius 1 is 0.678 bits per heavy atom. The Labute approximate surface area is 540 Å². The monoisotopic (exact) mass is 1330 g/mol. The van der Waals surface area contributed by atoms with Crippen LogP contribution in [0.3, 0.4) is 0 Å². The van der Waals surface area contributed by atoms with Crippen LogP contribution in [-0.4, -0.2) is 183 Å². The lowest BCUT2D eigenvalue weighted by Crippen LogP contribution is -2.47. The average molecular weight is 1330 g/mol. The van der Waals surface area contributed by atoms with Gasteiger partial charge >= 0.3 is 0 Å². The number of carbonyl (C=O) groups is 8. The third-order valence-electron chi connectivity index (χ3n) is 18.2. The first-order chi connectivity index (χ1) is 42.6. The number of hydrogen-bond acceptors (Lipinski definition) is 18. The Morgan fingerprint density at radius 2 is 1.23 bits per heavy atom. The van der Waals surface area contributed by atoms with Gasteiger partial charge in [-0.15, -0.1) is 23.5 Å². The number of methoxy groups -OCH3 is 1. The summed E-state index contributed by atoms with van der Waals surface area (Å²) in [5.41, 5.74) is 8.47. The highest BCUT2D eigenvalue weighted by atomic mass is 32.2. The number of primary amides is 1. The van der Waals surface area contributed by atoms with Crippen molar-refractivity contribution in [1.29, 1.82) is 0 Å². The molecule has 4 aliphatic heterocycles. The molecule has 2 aromatic rings. The molecule has 0 saturated carbocycles. The number of anilines is 2. The van der Waals surface area contributed by atoms with Gasteiger partial charge in [-0.1, -0.05) is 60.3 Å². The first-order valence-corrected chi connectivity index (χ1v) is 36.7. The van der Waals surface area contributed by atoms with Crippen LogP contribution >= 0.6 is 23.5 Å². The second kappa shape index (κ2) is 33.6. The number of likely N-dealkylation sites (N-methyl/N-ethyl adjacent to an activating group) is 1. The first kappa shape index (κ1) is 73.9. The Kier molecular flexibility index (Phi) is 27.6. The molecule has 4 aliphatic rings. The van der Waals surface area contributed by atoms with E-state index in [0.29, 0.717) is 70.6 Å². The minimum atomic E-state index is -4.44. The fraction of sp³-hybridized carbons (Fsp3) is 0.683. The fourth-order valence-electron chi connectivity index (χ4n) is 13.0. The Balaban J connectivity index is 0.874. The van der Waals surface area contributed by atoms with Crippen molar-refractivity contribution >= 4 is 102 Å². The summed E-state index contributed by atoms with van der Waals surface area (Å²) in [6.45, 7) is 15.4. The summed E-state index contributed by atoms with van der Waals surface area (Å²) in [6.07, 6.45) is 8.97. The van der Waals surface area contributed by atoms with Gasteiger partial charge < -0.3 is 35.6 Å². The molecule has 6 atom stereocenters. The molecular weight excluding hydrogens is 1240 g/mol. The van der Waals surface area contributed by atoms with Crippen molar-refractivity contribution < 1.29 is 73.8 Å². The summed E-state index contributed by atoms with van der Waals surface area (Å²) in [5, 5.41) is 4.30. The van der Waals surface area contributed by atoms with E-state index in [4.69, 9.17) is 15.2 Å². The number of imide groups is 2. The molecule has 2 fully saturated rings. The van der Waals surface area contributed by atoms with Crippen LogP contribution in [0.25, 0.3) is 0 Å². The summed E-state index contributed by atoms with van der Waals surface area (Å²) in [7, 11) is -7.22. The van der Waals surface area contributed by atoms with Gasteiger partial charge in [0.05, 0.1) is 40.1 Å². The molecule has 2 saturated heterocycles. The van der Waals surface area contributed by atoms with Crippen molar-refractivity contribution in [2.45, 2.75) is 206 Å². The molecular formula is C63H95N7O16S4. The molecule has 4 unspecified atom stereocenters. The molecule has 0 aliphatic carbocycles. The van der Waals surface area contributed by atoms with E-state index < -0.39 is 59.9 Å². The van der Waals surface area contributed by atoms with Crippen LogP contribution < -0.4 is 26.2 Å². The van der Waals surface area contributed by atoms with Crippen molar-refractivity contribution in [1.82, 2.24) is 20.4 Å². The molecule has 23 nitrogen and oxygen atoms in total. The largest absolute Gasteiger partial charge is 0.382 e. The number of thioether (sulfide) groups is 2. The van der Waals surface area contributed by atoms with Gasteiger partial charge in [0.25, 0.3) is 20.2 Å². The molecule has 502 valence electrons. The number of ether oxygens (including phenoxy) is 2. The SMILES string of the molecule is CC[C@H](CSC1CC(=O)N(CCCC(=O)CCCCCN2c3ccc(S(=O)(=O)O)cc3C(C)(C)C2CCCCCC2N(CC)c3ccc(S(=O)(=O)O)cc3C2(C)C)C1=O)C(=O)N[C@H](CCCCNC(=O)CCN1C(=O)CC(SCCOCCOC)C1=O)C(N)=O. The number of benzene rings is 2. The summed E-state index contributed by atoms with van der Waals surface area (Å²) in [5.74, 6) is -2.60. The third-order valence-corrected chi connectivity index (χ3v) is 22.4. The lowest BCUT2D eigenvalue weighted by Gasteiger charge is -2.35. The second-order valence-electron chi connectivity index (χ2n) is 25.0. The van der Waals surface area contributed by atoms with Crippen molar-refractivity contribution in [3.8, 4) is 0 Å². The highest BCUT2D eigenvalue weighted by molar-refractivity contribution is 8.00. The van der Waals surface area contributed by atoms with Crippen LogP contribution in [0.1, 0.15) is 168 Å². The maximum atomic E-state index is 13.5. The van der Waals surface area contributed by atoms with Crippen LogP contribution in [0.4, 0.5) is 11.4 Å². The minimum Gasteiger partial charge on any atom is -0.382 e. The third kappa shape index (κ3) is 19.5. The van der Waals surface area contributed by atoms with Gasteiger partial charge in [-0.25, -0.2) is 0 Å². The first-order valence-electron chi connectivity index (χ1n) is 31.7. The molecule has 27 heteroatoms. The molecule has 0 bridgehead atoms. The number of nitrogens with one attached hydrogen (secondary N) is 2. The van der Waals surface area contributed by atoms with Gasteiger partial charge in [-0.2, -0.15) is 16.8 Å². The van der Waals surface area contributed by atoms with E-state index in [0.717, 1.165) is 78.9 Å². The molecule has 7 amide bonds. The van der Waals surface area contributed by atoms with Crippen molar-refractivity contribution in [2.75, 3.05) is 81.0 Å². The topological polar surface area (TPSA) is 327 Å². The maximum Gasteiger partial charge on any atom is 0.294 e.